The lowest BCUT2D eigenvalue weighted by atomic mass is 10.0. The third kappa shape index (κ3) is 4.00. The van der Waals surface area contributed by atoms with Crippen LogP contribution < -0.4 is 16.0 Å². The summed E-state index contributed by atoms with van der Waals surface area (Å²) in [5.74, 6) is 0.403. The second-order valence-corrected chi connectivity index (χ2v) is 6.44. The molecule has 2 aromatic rings. The summed E-state index contributed by atoms with van der Waals surface area (Å²) in [6.07, 6.45) is 3.96. The first-order chi connectivity index (χ1) is 12.0. The SMILES string of the molecule is CC1=C(C(=O)NCCc2csc(-c3ncccn3)n2)C(C)NC(=O)N1. The van der Waals surface area contributed by atoms with Gasteiger partial charge in [0.1, 0.15) is 0 Å². The summed E-state index contributed by atoms with van der Waals surface area (Å²) in [7, 11) is 0. The molecule has 1 atom stereocenters. The molecule has 1 unspecified atom stereocenters. The van der Waals surface area contributed by atoms with E-state index in [0.717, 1.165) is 10.7 Å². The molecule has 0 bridgehead atoms. The Morgan fingerprint density at radius 1 is 1.36 bits per heavy atom. The summed E-state index contributed by atoms with van der Waals surface area (Å²) in [4.78, 5) is 36.5. The highest BCUT2D eigenvalue weighted by Crippen LogP contribution is 2.19. The highest BCUT2D eigenvalue weighted by atomic mass is 32.1. The van der Waals surface area contributed by atoms with Gasteiger partial charge in [0, 0.05) is 36.4 Å². The maximum atomic E-state index is 12.3. The molecule has 130 valence electrons. The van der Waals surface area contributed by atoms with Crippen molar-refractivity contribution in [2.75, 3.05) is 6.54 Å². The van der Waals surface area contributed by atoms with E-state index in [9.17, 15) is 9.59 Å². The van der Waals surface area contributed by atoms with Crippen LogP contribution in [0.25, 0.3) is 10.8 Å². The molecule has 0 saturated heterocycles. The molecule has 3 rings (SSSR count). The van der Waals surface area contributed by atoms with Crippen molar-refractivity contribution in [3.8, 4) is 10.8 Å². The maximum Gasteiger partial charge on any atom is 0.319 e. The molecule has 3 amide bonds. The minimum atomic E-state index is -0.324. The van der Waals surface area contributed by atoms with Gasteiger partial charge in [-0.2, -0.15) is 0 Å². The number of thiazole rings is 1. The lowest BCUT2D eigenvalue weighted by Gasteiger charge is -2.25. The number of hydrogen-bond acceptors (Lipinski definition) is 6. The van der Waals surface area contributed by atoms with Crippen LogP contribution in [0.2, 0.25) is 0 Å². The summed E-state index contributed by atoms with van der Waals surface area (Å²) in [5.41, 5.74) is 1.99. The number of rotatable bonds is 5. The zero-order valence-corrected chi connectivity index (χ0v) is 14.7. The number of carbonyl (C=O) groups is 2. The molecule has 3 heterocycles. The first-order valence-corrected chi connectivity index (χ1v) is 8.71. The van der Waals surface area contributed by atoms with Gasteiger partial charge >= 0.3 is 6.03 Å². The Balaban J connectivity index is 1.57. The Hall–Kier alpha value is -2.81. The van der Waals surface area contributed by atoms with Crippen molar-refractivity contribution in [2.45, 2.75) is 26.3 Å². The van der Waals surface area contributed by atoms with Gasteiger partial charge in [0.2, 0.25) is 0 Å². The van der Waals surface area contributed by atoms with Gasteiger partial charge in [0.15, 0.2) is 10.8 Å². The lowest BCUT2D eigenvalue weighted by molar-refractivity contribution is -0.117. The van der Waals surface area contributed by atoms with Gasteiger partial charge in [-0.15, -0.1) is 11.3 Å². The summed E-state index contributed by atoms with van der Waals surface area (Å²) in [5, 5.41) is 10.9. The molecule has 8 nitrogen and oxygen atoms in total. The summed E-state index contributed by atoms with van der Waals surface area (Å²) < 4.78 is 0. The second-order valence-electron chi connectivity index (χ2n) is 5.58. The minimum absolute atomic E-state index is 0.195. The zero-order chi connectivity index (χ0) is 17.8. The van der Waals surface area contributed by atoms with Crippen LogP contribution >= 0.6 is 11.3 Å². The van der Waals surface area contributed by atoms with Crippen LogP contribution in [0.1, 0.15) is 19.5 Å². The van der Waals surface area contributed by atoms with E-state index in [1.807, 2.05) is 5.38 Å². The summed E-state index contributed by atoms with van der Waals surface area (Å²) in [6.45, 7) is 3.95. The summed E-state index contributed by atoms with van der Waals surface area (Å²) >= 11 is 1.47. The Morgan fingerprint density at radius 3 is 2.84 bits per heavy atom. The molecule has 0 aromatic carbocycles. The van der Waals surface area contributed by atoms with Gasteiger partial charge in [0.05, 0.1) is 17.3 Å². The number of urea groups is 1. The maximum absolute atomic E-state index is 12.3. The highest BCUT2D eigenvalue weighted by Gasteiger charge is 2.26. The zero-order valence-electron chi connectivity index (χ0n) is 13.9. The first-order valence-electron chi connectivity index (χ1n) is 7.83. The van der Waals surface area contributed by atoms with E-state index >= 15 is 0 Å². The molecule has 9 heteroatoms. The Kier molecular flexibility index (Phi) is 5.03. The molecule has 0 fully saturated rings. The van der Waals surface area contributed by atoms with E-state index in [-0.39, 0.29) is 18.0 Å². The van der Waals surface area contributed by atoms with E-state index in [2.05, 4.69) is 30.9 Å². The number of nitrogens with one attached hydrogen (secondary N) is 3. The fourth-order valence-electron chi connectivity index (χ4n) is 2.57. The number of aromatic nitrogens is 3. The second kappa shape index (κ2) is 7.39. The van der Waals surface area contributed by atoms with E-state index in [1.54, 1.807) is 32.3 Å². The Bertz CT molecular complexity index is 817. The average Bonchev–Trinajstić information content (AvgIpc) is 3.03. The number of nitrogens with zero attached hydrogens (tertiary/aromatic N) is 3. The standard InChI is InChI=1S/C16H18N6O2S/c1-9-12(10(2)21-16(24)20-9)14(23)19-7-4-11-8-25-15(22-11)13-17-5-3-6-18-13/h3,5-6,8-9H,4,7H2,1-2H3,(H,19,23)(H2,20,21,24). The van der Waals surface area contributed by atoms with Crippen molar-refractivity contribution < 1.29 is 9.59 Å². The van der Waals surface area contributed by atoms with E-state index in [4.69, 9.17) is 0 Å². The van der Waals surface area contributed by atoms with Gasteiger partial charge in [0.25, 0.3) is 5.91 Å². The Labute approximate surface area is 148 Å². The molecule has 0 aliphatic carbocycles. The Morgan fingerprint density at radius 2 is 2.12 bits per heavy atom. The number of allylic oxidation sites excluding steroid dienone is 1. The number of amides is 3. The molecule has 3 N–H and O–H groups in total. The van der Waals surface area contributed by atoms with Crippen LogP contribution in [-0.2, 0) is 11.2 Å². The quantitative estimate of drug-likeness (QED) is 0.745. The van der Waals surface area contributed by atoms with Crippen LogP contribution in [0.3, 0.4) is 0 Å². The number of carbonyl (C=O) groups excluding carboxylic acids is 2. The molecular formula is C16H18N6O2S. The van der Waals surface area contributed by atoms with Crippen LogP contribution in [-0.4, -0.2) is 39.5 Å². The van der Waals surface area contributed by atoms with E-state index in [1.165, 1.54) is 11.3 Å². The summed E-state index contributed by atoms with van der Waals surface area (Å²) in [6, 6.07) is 1.14. The smallest absolute Gasteiger partial charge is 0.319 e. The van der Waals surface area contributed by atoms with Crippen LogP contribution in [0.5, 0.6) is 0 Å². The number of hydrogen-bond donors (Lipinski definition) is 3. The van der Waals surface area contributed by atoms with E-state index < -0.39 is 0 Å². The van der Waals surface area contributed by atoms with Gasteiger partial charge in [-0.25, -0.2) is 19.7 Å². The minimum Gasteiger partial charge on any atom is -0.352 e. The fraction of sp³-hybridized carbons (Fsp3) is 0.312. The first kappa shape index (κ1) is 17.0. The molecule has 0 radical (unpaired) electrons. The van der Waals surface area contributed by atoms with Crippen LogP contribution in [0.15, 0.2) is 35.1 Å². The van der Waals surface area contributed by atoms with E-state index in [0.29, 0.717) is 30.1 Å². The molecular weight excluding hydrogens is 340 g/mol. The van der Waals surface area contributed by atoms with Crippen molar-refractivity contribution >= 4 is 23.3 Å². The third-order valence-electron chi connectivity index (χ3n) is 3.71. The molecule has 25 heavy (non-hydrogen) atoms. The van der Waals surface area contributed by atoms with Gasteiger partial charge in [-0.1, -0.05) is 0 Å². The van der Waals surface area contributed by atoms with Gasteiger partial charge in [-0.05, 0) is 19.9 Å². The molecule has 0 spiro atoms. The van der Waals surface area contributed by atoms with Crippen LogP contribution in [0.4, 0.5) is 4.79 Å². The molecule has 1 aliphatic rings. The lowest BCUT2D eigenvalue weighted by Crippen LogP contribution is -2.50. The van der Waals surface area contributed by atoms with Crippen LogP contribution in [0, 0.1) is 0 Å². The fourth-order valence-corrected chi connectivity index (χ4v) is 3.37. The van der Waals surface area contributed by atoms with Gasteiger partial charge in [-0.3, -0.25) is 4.79 Å². The average molecular weight is 358 g/mol. The normalized spacial score (nSPS) is 17.0. The molecule has 1 aliphatic heterocycles. The van der Waals surface area contributed by atoms with Crippen molar-refractivity contribution in [3.63, 3.8) is 0 Å². The largest absolute Gasteiger partial charge is 0.352 e. The predicted octanol–water partition coefficient (Wildman–Crippen LogP) is 1.23. The van der Waals surface area contributed by atoms with Crippen molar-refractivity contribution in [1.29, 1.82) is 0 Å². The third-order valence-corrected chi connectivity index (χ3v) is 4.59. The molecule has 2 aromatic heterocycles. The molecule has 0 saturated carbocycles. The van der Waals surface area contributed by atoms with Crippen molar-refractivity contribution in [2.24, 2.45) is 0 Å². The predicted molar refractivity (Wildman–Crippen MR) is 93.7 cm³/mol. The monoisotopic (exact) mass is 358 g/mol. The topological polar surface area (TPSA) is 109 Å². The van der Waals surface area contributed by atoms with Gasteiger partial charge < -0.3 is 16.0 Å². The highest BCUT2D eigenvalue weighted by molar-refractivity contribution is 7.13. The van der Waals surface area contributed by atoms with Crippen molar-refractivity contribution in [3.05, 3.63) is 40.8 Å². The van der Waals surface area contributed by atoms with Crippen molar-refractivity contribution in [1.82, 2.24) is 30.9 Å².